The molecule has 4 rings (SSSR count). The smallest absolute Gasteiger partial charge is 0.266 e. The largest absolute Gasteiger partial charge is 0.490 e. The molecule has 0 radical (unpaired) electrons. The van der Waals surface area contributed by atoms with Crippen molar-refractivity contribution in [3.05, 3.63) is 104 Å². The third-order valence-electron chi connectivity index (χ3n) is 5.38. The van der Waals surface area contributed by atoms with Gasteiger partial charge in [0.15, 0.2) is 11.5 Å². The Bertz CT molecular complexity index is 1490. The van der Waals surface area contributed by atoms with Gasteiger partial charge in [0.1, 0.15) is 18.2 Å². The van der Waals surface area contributed by atoms with Crippen molar-refractivity contribution in [3.8, 4) is 17.6 Å². The summed E-state index contributed by atoms with van der Waals surface area (Å²) in [5.41, 5.74) is 2.31. The summed E-state index contributed by atoms with van der Waals surface area (Å²) in [4.78, 5) is 12.7. The summed E-state index contributed by atoms with van der Waals surface area (Å²) in [7, 11) is 0. The number of amides is 1. The van der Waals surface area contributed by atoms with E-state index in [9.17, 15) is 10.1 Å². The number of halogens is 2. The van der Waals surface area contributed by atoms with Gasteiger partial charge in [0, 0.05) is 4.47 Å². The van der Waals surface area contributed by atoms with Crippen molar-refractivity contribution in [2.75, 3.05) is 11.9 Å². The van der Waals surface area contributed by atoms with Gasteiger partial charge in [0.25, 0.3) is 5.91 Å². The number of anilines is 1. The van der Waals surface area contributed by atoms with Crippen LogP contribution in [0.25, 0.3) is 16.8 Å². The molecule has 36 heavy (non-hydrogen) atoms. The Kier molecular flexibility index (Phi) is 8.62. The molecule has 4 aromatic rings. The van der Waals surface area contributed by atoms with Crippen molar-refractivity contribution in [1.29, 1.82) is 5.26 Å². The molecular formula is C29H22BrIN2O3. The van der Waals surface area contributed by atoms with Crippen LogP contribution in [0.3, 0.4) is 0 Å². The predicted octanol–water partition coefficient (Wildman–Crippen LogP) is 7.73. The Balaban J connectivity index is 1.60. The van der Waals surface area contributed by atoms with Gasteiger partial charge in [0.2, 0.25) is 0 Å². The molecule has 4 aromatic carbocycles. The average Bonchev–Trinajstić information content (AvgIpc) is 2.88. The number of ether oxygens (including phenoxy) is 2. The Labute approximate surface area is 232 Å². The van der Waals surface area contributed by atoms with E-state index in [0.717, 1.165) is 24.4 Å². The molecule has 7 heteroatoms. The number of carbonyl (C=O) groups is 1. The van der Waals surface area contributed by atoms with Crippen LogP contribution in [0.5, 0.6) is 11.5 Å². The third kappa shape index (κ3) is 6.07. The molecule has 180 valence electrons. The van der Waals surface area contributed by atoms with E-state index in [4.69, 9.17) is 9.47 Å². The fourth-order valence-electron chi connectivity index (χ4n) is 3.71. The SMILES string of the molecule is CCOc1cc(/C=C(\C#N)C(=O)Nc2ccccc2Br)cc(I)c1OCc1cccc2ccccc12. The Morgan fingerprint density at radius 3 is 2.58 bits per heavy atom. The highest BCUT2D eigenvalue weighted by Crippen LogP contribution is 2.36. The Hall–Kier alpha value is -3.35. The standard InChI is InChI=1S/C29H22BrIN2O3/c1-2-35-27-16-19(14-22(17-32)29(34)33-26-13-6-5-12-24(26)30)15-25(31)28(27)36-18-21-10-7-9-20-8-3-4-11-23(20)21/h3-16H,2,18H2,1H3,(H,33,34)/b22-14+. The minimum absolute atomic E-state index is 0.0200. The van der Waals surface area contributed by atoms with E-state index in [-0.39, 0.29) is 5.57 Å². The summed E-state index contributed by atoms with van der Waals surface area (Å²) in [5, 5.41) is 14.7. The van der Waals surface area contributed by atoms with Gasteiger partial charge in [-0.15, -0.1) is 0 Å². The molecule has 0 heterocycles. The van der Waals surface area contributed by atoms with Gasteiger partial charge in [-0.3, -0.25) is 4.79 Å². The maximum atomic E-state index is 12.7. The molecule has 0 atom stereocenters. The zero-order chi connectivity index (χ0) is 25.5. The number of nitriles is 1. The van der Waals surface area contributed by atoms with Crippen molar-refractivity contribution >= 4 is 67.0 Å². The number of fused-ring (bicyclic) bond motifs is 1. The number of nitrogens with one attached hydrogen (secondary N) is 1. The van der Waals surface area contributed by atoms with E-state index < -0.39 is 5.91 Å². The maximum absolute atomic E-state index is 12.7. The number of rotatable bonds is 8. The van der Waals surface area contributed by atoms with Crippen LogP contribution in [0, 0.1) is 14.9 Å². The average molecular weight is 653 g/mol. The topological polar surface area (TPSA) is 71.3 Å². The van der Waals surface area contributed by atoms with Crippen LogP contribution in [0.4, 0.5) is 5.69 Å². The summed E-state index contributed by atoms with van der Waals surface area (Å²) < 4.78 is 13.7. The lowest BCUT2D eigenvalue weighted by atomic mass is 10.1. The highest BCUT2D eigenvalue weighted by Gasteiger charge is 2.16. The summed E-state index contributed by atoms with van der Waals surface area (Å²) in [6, 6.07) is 27.2. The van der Waals surface area contributed by atoms with Gasteiger partial charge in [-0.1, -0.05) is 54.6 Å². The number of hydrogen-bond acceptors (Lipinski definition) is 4. The number of nitrogens with zero attached hydrogens (tertiary/aromatic N) is 1. The molecule has 1 amide bonds. The van der Waals surface area contributed by atoms with E-state index in [2.05, 4.69) is 68.1 Å². The van der Waals surface area contributed by atoms with Crippen molar-refractivity contribution in [1.82, 2.24) is 0 Å². The molecule has 0 aliphatic rings. The second-order valence-corrected chi connectivity index (χ2v) is 9.81. The van der Waals surface area contributed by atoms with Crippen molar-refractivity contribution < 1.29 is 14.3 Å². The molecule has 0 aromatic heterocycles. The first-order valence-electron chi connectivity index (χ1n) is 11.2. The van der Waals surface area contributed by atoms with Gasteiger partial charge in [-0.2, -0.15) is 5.26 Å². The van der Waals surface area contributed by atoms with Crippen LogP contribution in [0.1, 0.15) is 18.1 Å². The lowest BCUT2D eigenvalue weighted by Crippen LogP contribution is -2.13. The second kappa shape index (κ2) is 12.1. The van der Waals surface area contributed by atoms with Crippen LogP contribution in [-0.2, 0) is 11.4 Å². The molecule has 0 bridgehead atoms. The lowest BCUT2D eigenvalue weighted by Gasteiger charge is -2.16. The van der Waals surface area contributed by atoms with Gasteiger partial charge in [0.05, 0.1) is 15.9 Å². The molecule has 0 spiro atoms. The number of para-hydroxylation sites is 1. The molecule has 0 saturated heterocycles. The monoisotopic (exact) mass is 652 g/mol. The molecule has 0 aliphatic carbocycles. The van der Waals surface area contributed by atoms with Gasteiger partial charge < -0.3 is 14.8 Å². The van der Waals surface area contributed by atoms with E-state index in [1.54, 1.807) is 18.2 Å². The fourth-order valence-corrected chi connectivity index (χ4v) is 4.88. The van der Waals surface area contributed by atoms with Gasteiger partial charge in [-0.25, -0.2) is 0 Å². The Morgan fingerprint density at radius 1 is 1.06 bits per heavy atom. The number of hydrogen-bond donors (Lipinski definition) is 1. The summed E-state index contributed by atoms with van der Waals surface area (Å²) in [6.45, 7) is 2.72. The van der Waals surface area contributed by atoms with Crippen molar-refractivity contribution in [2.45, 2.75) is 13.5 Å². The van der Waals surface area contributed by atoms with Crippen LogP contribution in [0.2, 0.25) is 0 Å². The normalized spacial score (nSPS) is 11.1. The van der Waals surface area contributed by atoms with E-state index >= 15 is 0 Å². The van der Waals surface area contributed by atoms with E-state index in [1.807, 2.05) is 55.5 Å². The molecular weight excluding hydrogens is 631 g/mol. The van der Waals surface area contributed by atoms with Crippen LogP contribution in [0.15, 0.2) is 88.9 Å². The number of carbonyl (C=O) groups excluding carboxylic acids is 1. The summed E-state index contributed by atoms with van der Waals surface area (Å²) >= 11 is 5.59. The summed E-state index contributed by atoms with van der Waals surface area (Å²) in [5.74, 6) is 0.687. The highest BCUT2D eigenvalue weighted by molar-refractivity contribution is 14.1. The quantitative estimate of drug-likeness (QED) is 0.120. The molecule has 0 unspecified atom stereocenters. The van der Waals surface area contributed by atoms with Crippen molar-refractivity contribution in [3.63, 3.8) is 0 Å². The van der Waals surface area contributed by atoms with Crippen LogP contribution < -0.4 is 14.8 Å². The first-order chi connectivity index (χ1) is 17.5. The minimum atomic E-state index is -0.492. The van der Waals surface area contributed by atoms with Gasteiger partial charge in [-0.05, 0) is 97.7 Å². The molecule has 0 aliphatic heterocycles. The van der Waals surface area contributed by atoms with E-state index in [1.165, 1.54) is 0 Å². The molecule has 5 nitrogen and oxygen atoms in total. The maximum Gasteiger partial charge on any atom is 0.266 e. The van der Waals surface area contributed by atoms with Crippen LogP contribution in [-0.4, -0.2) is 12.5 Å². The van der Waals surface area contributed by atoms with Crippen molar-refractivity contribution in [2.24, 2.45) is 0 Å². The third-order valence-corrected chi connectivity index (χ3v) is 6.87. The zero-order valence-electron chi connectivity index (χ0n) is 19.4. The number of benzene rings is 4. The van der Waals surface area contributed by atoms with Gasteiger partial charge >= 0.3 is 0 Å². The van der Waals surface area contributed by atoms with Crippen LogP contribution >= 0.6 is 38.5 Å². The minimum Gasteiger partial charge on any atom is -0.490 e. The van der Waals surface area contributed by atoms with E-state index in [0.29, 0.717) is 36.0 Å². The highest BCUT2D eigenvalue weighted by atomic mass is 127. The first kappa shape index (κ1) is 25.7. The fraction of sp³-hybridized carbons (Fsp3) is 0.103. The molecule has 0 saturated carbocycles. The lowest BCUT2D eigenvalue weighted by molar-refractivity contribution is -0.112. The first-order valence-corrected chi connectivity index (χ1v) is 13.1. The molecule has 1 N–H and O–H groups in total. The second-order valence-electron chi connectivity index (χ2n) is 7.79. The predicted molar refractivity (Wildman–Crippen MR) is 155 cm³/mol. The molecule has 0 fully saturated rings. The summed E-state index contributed by atoms with van der Waals surface area (Å²) in [6.07, 6.45) is 1.55. The zero-order valence-corrected chi connectivity index (χ0v) is 23.2. The Morgan fingerprint density at radius 2 is 1.81 bits per heavy atom.